The highest BCUT2D eigenvalue weighted by atomic mass is 35.5. The Balaban J connectivity index is 1.52. The maximum atomic E-state index is 13.5. The van der Waals surface area contributed by atoms with Crippen LogP contribution in [0.3, 0.4) is 0 Å². The fourth-order valence-corrected chi connectivity index (χ4v) is 6.18. The number of ether oxygens (including phenoxy) is 1. The first kappa shape index (κ1) is 24.1. The van der Waals surface area contributed by atoms with Gasteiger partial charge in [-0.05, 0) is 37.5 Å². The average Bonchev–Trinajstić information content (AvgIpc) is 3.26. The fraction of sp³-hybridized carbons (Fsp3) is 0.240. The van der Waals surface area contributed by atoms with Crippen LogP contribution in [-0.4, -0.2) is 40.6 Å². The van der Waals surface area contributed by atoms with E-state index in [9.17, 15) is 13.2 Å². The van der Waals surface area contributed by atoms with Gasteiger partial charge in [-0.3, -0.25) is 0 Å². The highest BCUT2D eigenvalue weighted by molar-refractivity contribution is 7.90. The number of nitrogens with two attached hydrogens (primary N) is 1. The molecule has 1 aliphatic carbocycles. The lowest BCUT2D eigenvalue weighted by molar-refractivity contribution is 0.0796. The summed E-state index contributed by atoms with van der Waals surface area (Å²) in [5.74, 6) is 0.349. The summed E-state index contributed by atoms with van der Waals surface area (Å²) in [6.45, 7) is 0. The largest absolute Gasteiger partial charge is 0.446 e. The van der Waals surface area contributed by atoms with E-state index in [2.05, 4.69) is 15.3 Å². The third-order valence-electron chi connectivity index (χ3n) is 6.22. The summed E-state index contributed by atoms with van der Waals surface area (Å²) < 4.78 is 33.3. The van der Waals surface area contributed by atoms with E-state index in [1.807, 2.05) is 12.1 Å². The van der Waals surface area contributed by atoms with Gasteiger partial charge in [0.05, 0.1) is 27.3 Å². The highest BCUT2D eigenvalue weighted by Gasteiger charge is 2.26. The van der Waals surface area contributed by atoms with E-state index >= 15 is 0 Å². The summed E-state index contributed by atoms with van der Waals surface area (Å²) in [6, 6.07) is 15.4. The molecule has 0 spiro atoms. The van der Waals surface area contributed by atoms with Crippen LogP contribution in [0.4, 0.5) is 10.7 Å². The second-order valence-corrected chi connectivity index (χ2v) is 10.9. The molecule has 0 radical (unpaired) electrons. The van der Waals surface area contributed by atoms with Gasteiger partial charge in [-0.2, -0.15) is 0 Å². The SMILES string of the molecule is NC(=O)O[C@H]1CCC[C@@H](Nc2ncc(Cl)c(-c3cn(S(=O)(=O)c4ccccc4)c4ccccc34)n2)C1. The third-order valence-corrected chi connectivity index (χ3v) is 8.18. The number of anilines is 1. The monoisotopic (exact) mass is 525 g/mol. The summed E-state index contributed by atoms with van der Waals surface area (Å²) in [4.78, 5) is 20.3. The smallest absolute Gasteiger partial charge is 0.404 e. The minimum absolute atomic E-state index is 0.0167. The van der Waals surface area contributed by atoms with Gasteiger partial charge in [0.2, 0.25) is 5.95 Å². The number of aromatic nitrogens is 3. The number of hydrogen-bond donors (Lipinski definition) is 2. The highest BCUT2D eigenvalue weighted by Crippen LogP contribution is 2.36. The van der Waals surface area contributed by atoms with Crippen LogP contribution < -0.4 is 11.1 Å². The van der Waals surface area contributed by atoms with Gasteiger partial charge in [-0.25, -0.2) is 27.2 Å². The number of para-hydroxylation sites is 1. The summed E-state index contributed by atoms with van der Waals surface area (Å²) >= 11 is 6.51. The van der Waals surface area contributed by atoms with E-state index in [-0.39, 0.29) is 17.0 Å². The standard InChI is InChI=1S/C25H24ClN5O4S/c26-21-14-28-25(29-16-7-6-8-17(13-16)35-24(27)32)30-23(21)20-15-31(22-12-5-4-11-19(20)22)36(33,34)18-9-2-1-3-10-18/h1-5,9-12,14-17H,6-8,13H2,(H2,27,32)(H,28,29,30)/t16-,17+/m1/s1. The molecule has 2 aromatic carbocycles. The maximum absolute atomic E-state index is 13.5. The molecule has 0 aliphatic heterocycles. The number of halogens is 1. The number of carbonyl (C=O) groups is 1. The predicted molar refractivity (Wildman–Crippen MR) is 137 cm³/mol. The molecule has 0 bridgehead atoms. The molecule has 36 heavy (non-hydrogen) atoms. The van der Waals surface area contributed by atoms with Gasteiger partial charge in [0.25, 0.3) is 10.0 Å². The topological polar surface area (TPSA) is 129 Å². The molecule has 3 N–H and O–H groups in total. The van der Waals surface area contributed by atoms with Crippen LogP contribution in [0, 0.1) is 0 Å². The molecule has 4 aromatic rings. The van der Waals surface area contributed by atoms with Crippen LogP contribution in [-0.2, 0) is 14.8 Å². The van der Waals surface area contributed by atoms with Gasteiger partial charge < -0.3 is 15.8 Å². The van der Waals surface area contributed by atoms with E-state index < -0.39 is 16.1 Å². The van der Waals surface area contributed by atoms with Gasteiger partial charge >= 0.3 is 6.09 Å². The Bertz CT molecular complexity index is 1520. The zero-order valence-corrected chi connectivity index (χ0v) is 20.7. The number of carbonyl (C=O) groups excluding carboxylic acids is 1. The molecule has 0 unspecified atom stereocenters. The Hall–Kier alpha value is -3.63. The molecule has 186 valence electrons. The van der Waals surface area contributed by atoms with Crippen LogP contribution in [0.5, 0.6) is 0 Å². The molecule has 5 rings (SSSR count). The first-order chi connectivity index (χ1) is 17.3. The van der Waals surface area contributed by atoms with E-state index in [0.29, 0.717) is 39.6 Å². The normalized spacial score (nSPS) is 18.1. The van der Waals surface area contributed by atoms with Gasteiger partial charge in [0.1, 0.15) is 6.10 Å². The van der Waals surface area contributed by atoms with E-state index in [1.165, 1.54) is 10.2 Å². The molecule has 0 saturated heterocycles. The first-order valence-corrected chi connectivity index (χ1v) is 13.3. The lowest BCUT2D eigenvalue weighted by Crippen LogP contribution is -2.34. The Morgan fingerprint density at radius 1 is 1.11 bits per heavy atom. The Kier molecular flexibility index (Phi) is 6.55. The van der Waals surface area contributed by atoms with Crippen LogP contribution in [0.25, 0.3) is 22.2 Å². The van der Waals surface area contributed by atoms with Crippen molar-refractivity contribution in [3.8, 4) is 11.3 Å². The van der Waals surface area contributed by atoms with Crippen molar-refractivity contribution in [2.24, 2.45) is 5.73 Å². The average molecular weight is 526 g/mol. The summed E-state index contributed by atoms with van der Waals surface area (Å²) in [6.07, 6.45) is 5.04. The lowest BCUT2D eigenvalue weighted by atomic mass is 9.93. The van der Waals surface area contributed by atoms with E-state index in [4.69, 9.17) is 22.1 Å². The predicted octanol–water partition coefficient (Wildman–Crippen LogP) is 4.81. The zero-order chi connectivity index (χ0) is 25.3. The number of fused-ring (bicyclic) bond motifs is 1. The lowest BCUT2D eigenvalue weighted by Gasteiger charge is -2.29. The molecule has 1 amide bonds. The van der Waals surface area contributed by atoms with Crippen LogP contribution in [0.2, 0.25) is 5.02 Å². The molecule has 9 nitrogen and oxygen atoms in total. The number of nitrogens with zero attached hydrogens (tertiary/aromatic N) is 3. The number of primary amides is 1. The maximum Gasteiger partial charge on any atom is 0.404 e. The second kappa shape index (κ2) is 9.79. The second-order valence-electron chi connectivity index (χ2n) is 8.63. The van der Waals surface area contributed by atoms with E-state index in [0.717, 1.165) is 19.3 Å². The van der Waals surface area contributed by atoms with Crippen molar-refractivity contribution >= 4 is 44.6 Å². The van der Waals surface area contributed by atoms with Crippen molar-refractivity contribution in [3.05, 3.63) is 72.0 Å². The quantitative estimate of drug-likeness (QED) is 0.369. The van der Waals surface area contributed by atoms with Crippen molar-refractivity contribution in [2.75, 3.05) is 5.32 Å². The van der Waals surface area contributed by atoms with Gasteiger partial charge in [-0.1, -0.05) is 48.0 Å². The molecule has 1 saturated carbocycles. The summed E-state index contributed by atoms with van der Waals surface area (Å²) in [5.41, 5.74) is 6.66. The molecule has 2 heterocycles. The molecular weight excluding hydrogens is 502 g/mol. The molecule has 1 fully saturated rings. The molecule has 11 heteroatoms. The van der Waals surface area contributed by atoms with Crippen molar-refractivity contribution in [3.63, 3.8) is 0 Å². The number of rotatable bonds is 6. The van der Waals surface area contributed by atoms with Gasteiger partial charge in [-0.15, -0.1) is 0 Å². The third kappa shape index (κ3) is 4.74. The van der Waals surface area contributed by atoms with Crippen LogP contribution in [0.15, 0.2) is 71.9 Å². The summed E-state index contributed by atoms with van der Waals surface area (Å²) in [7, 11) is -3.85. The van der Waals surface area contributed by atoms with Crippen molar-refractivity contribution < 1.29 is 17.9 Å². The van der Waals surface area contributed by atoms with E-state index in [1.54, 1.807) is 48.7 Å². The Morgan fingerprint density at radius 2 is 1.86 bits per heavy atom. The van der Waals surface area contributed by atoms with Crippen LogP contribution in [0.1, 0.15) is 25.7 Å². The number of nitrogens with one attached hydrogen (secondary N) is 1. The number of hydrogen-bond acceptors (Lipinski definition) is 7. The molecule has 2 aromatic heterocycles. The van der Waals surface area contributed by atoms with Crippen molar-refractivity contribution in [1.29, 1.82) is 0 Å². The molecule has 1 aliphatic rings. The number of benzene rings is 2. The summed E-state index contributed by atoms with van der Waals surface area (Å²) in [5, 5.41) is 4.28. The molecular formula is C25H24ClN5O4S. The minimum Gasteiger partial charge on any atom is -0.446 e. The zero-order valence-electron chi connectivity index (χ0n) is 19.2. The minimum atomic E-state index is -3.85. The van der Waals surface area contributed by atoms with Crippen molar-refractivity contribution in [1.82, 2.24) is 13.9 Å². The van der Waals surface area contributed by atoms with Gasteiger partial charge in [0.15, 0.2) is 0 Å². The number of amides is 1. The fourth-order valence-electron chi connectivity index (χ4n) is 4.60. The molecule has 2 atom stereocenters. The van der Waals surface area contributed by atoms with Crippen LogP contribution >= 0.6 is 11.6 Å². The Labute approximate surface area is 213 Å². The Morgan fingerprint density at radius 3 is 2.64 bits per heavy atom. The first-order valence-electron chi connectivity index (χ1n) is 11.5. The van der Waals surface area contributed by atoms with Crippen molar-refractivity contribution in [2.45, 2.75) is 42.7 Å². The van der Waals surface area contributed by atoms with Gasteiger partial charge in [0, 0.05) is 29.6 Å².